The highest BCUT2D eigenvalue weighted by atomic mass is 19.1. The SMILES string of the molecule is CCOc1ccc(C2c3c(oc4ccc(F)cc4c3=O)C(=O)N2c2ccc(C)c(C)c2)cc1OC. The molecule has 3 aromatic carbocycles. The molecule has 1 unspecified atom stereocenters. The Hall–Kier alpha value is -4.13. The van der Waals surface area contributed by atoms with Crippen LogP contribution in [0.1, 0.15) is 45.8 Å². The lowest BCUT2D eigenvalue weighted by Gasteiger charge is -2.26. The summed E-state index contributed by atoms with van der Waals surface area (Å²) < 4.78 is 31.1. The quantitative estimate of drug-likeness (QED) is 0.372. The number of nitrogens with zero attached hydrogens (tertiary/aromatic N) is 1. The fourth-order valence-corrected chi connectivity index (χ4v) is 4.53. The van der Waals surface area contributed by atoms with Crippen molar-refractivity contribution in [3.05, 3.63) is 98.7 Å². The van der Waals surface area contributed by atoms with Crippen LogP contribution in [0.3, 0.4) is 0 Å². The van der Waals surface area contributed by atoms with Crippen molar-refractivity contribution in [2.75, 3.05) is 18.6 Å². The fourth-order valence-electron chi connectivity index (χ4n) is 4.53. The van der Waals surface area contributed by atoms with Crippen molar-refractivity contribution >= 4 is 22.6 Å². The number of methoxy groups -OCH3 is 1. The van der Waals surface area contributed by atoms with E-state index < -0.39 is 23.2 Å². The summed E-state index contributed by atoms with van der Waals surface area (Å²) in [5.74, 6) is -0.0239. The number of ether oxygens (including phenoxy) is 2. The van der Waals surface area contributed by atoms with Gasteiger partial charge in [0.05, 0.1) is 30.7 Å². The maximum absolute atomic E-state index is 14.0. The molecule has 4 aromatic rings. The van der Waals surface area contributed by atoms with E-state index in [0.717, 1.165) is 17.2 Å². The average molecular weight is 474 g/mol. The molecule has 1 aliphatic rings. The van der Waals surface area contributed by atoms with E-state index in [0.29, 0.717) is 29.4 Å². The van der Waals surface area contributed by atoms with Crippen molar-refractivity contribution in [3.8, 4) is 11.5 Å². The molecule has 0 bridgehead atoms. The Morgan fingerprint density at radius 2 is 1.77 bits per heavy atom. The number of hydrogen-bond acceptors (Lipinski definition) is 5. The minimum Gasteiger partial charge on any atom is -0.493 e. The van der Waals surface area contributed by atoms with Gasteiger partial charge in [-0.2, -0.15) is 0 Å². The molecule has 7 heteroatoms. The molecule has 0 saturated heterocycles. The molecule has 1 aromatic heterocycles. The lowest BCUT2D eigenvalue weighted by molar-refractivity contribution is 0.0971. The van der Waals surface area contributed by atoms with Crippen molar-refractivity contribution in [1.82, 2.24) is 0 Å². The van der Waals surface area contributed by atoms with Gasteiger partial charge in [-0.1, -0.05) is 12.1 Å². The Labute approximate surface area is 201 Å². The van der Waals surface area contributed by atoms with E-state index in [1.54, 1.807) is 23.1 Å². The maximum atomic E-state index is 14.0. The first-order chi connectivity index (χ1) is 16.8. The number of amides is 1. The maximum Gasteiger partial charge on any atom is 0.295 e. The van der Waals surface area contributed by atoms with E-state index in [-0.39, 0.29) is 22.3 Å². The van der Waals surface area contributed by atoms with Crippen LogP contribution in [0.2, 0.25) is 0 Å². The summed E-state index contributed by atoms with van der Waals surface area (Å²) in [6.07, 6.45) is 0. The highest BCUT2D eigenvalue weighted by Crippen LogP contribution is 2.43. The molecule has 178 valence electrons. The highest BCUT2D eigenvalue weighted by Gasteiger charge is 2.44. The Morgan fingerprint density at radius 1 is 0.971 bits per heavy atom. The van der Waals surface area contributed by atoms with Crippen LogP contribution in [-0.4, -0.2) is 19.6 Å². The second-order valence-corrected chi connectivity index (χ2v) is 8.50. The Bertz CT molecular complexity index is 1540. The van der Waals surface area contributed by atoms with Crippen molar-refractivity contribution in [2.24, 2.45) is 0 Å². The van der Waals surface area contributed by atoms with Gasteiger partial charge in [0.15, 0.2) is 16.9 Å². The first-order valence-corrected chi connectivity index (χ1v) is 11.3. The fraction of sp³-hybridized carbons (Fsp3) is 0.214. The van der Waals surface area contributed by atoms with Crippen LogP contribution in [0.25, 0.3) is 11.0 Å². The normalized spacial score (nSPS) is 14.9. The lowest BCUT2D eigenvalue weighted by atomic mass is 9.97. The van der Waals surface area contributed by atoms with E-state index in [1.165, 1.54) is 19.2 Å². The van der Waals surface area contributed by atoms with Crippen molar-refractivity contribution in [2.45, 2.75) is 26.8 Å². The van der Waals surface area contributed by atoms with Gasteiger partial charge in [0, 0.05) is 5.69 Å². The zero-order chi connectivity index (χ0) is 24.9. The van der Waals surface area contributed by atoms with E-state index in [9.17, 15) is 14.0 Å². The van der Waals surface area contributed by atoms with Crippen LogP contribution in [-0.2, 0) is 0 Å². The summed E-state index contributed by atoms with van der Waals surface area (Å²) in [4.78, 5) is 28.9. The first-order valence-electron chi connectivity index (χ1n) is 11.3. The average Bonchev–Trinajstić information content (AvgIpc) is 3.14. The molecule has 0 saturated carbocycles. The van der Waals surface area contributed by atoms with Gasteiger partial charge in [-0.15, -0.1) is 0 Å². The largest absolute Gasteiger partial charge is 0.493 e. The molecule has 0 radical (unpaired) electrons. The monoisotopic (exact) mass is 473 g/mol. The van der Waals surface area contributed by atoms with Crippen molar-refractivity contribution in [3.63, 3.8) is 0 Å². The number of halogens is 1. The molecule has 2 heterocycles. The minimum absolute atomic E-state index is 0.0508. The molecule has 35 heavy (non-hydrogen) atoms. The van der Waals surface area contributed by atoms with Crippen LogP contribution in [0.5, 0.6) is 11.5 Å². The molecular weight excluding hydrogens is 449 g/mol. The number of hydrogen-bond donors (Lipinski definition) is 0. The van der Waals surface area contributed by atoms with Gasteiger partial charge in [0.1, 0.15) is 11.4 Å². The van der Waals surface area contributed by atoms with Gasteiger partial charge in [-0.05, 0) is 79.9 Å². The molecule has 6 nitrogen and oxygen atoms in total. The van der Waals surface area contributed by atoms with Crippen LogP contribution in [0.15, 0.2) is 63.8 Å². The summed E-state index contributed by atoms with van der Waals surface area (Å²) in [5.41, 5.74) is 3.22. The number of fused-ring (bicyclic) bond motifs is 2. The van der Waals surface area contributed by atoms with Crippen LogP contribution in [0.4, 0.5) is 10.1 Å². The van der Waals surface area contributed by atoms with Gasteiger partial charge < -0.3 is 13.9 Å². The molecule has 0 fully saturated rings. The minimum atomic E-state index is -0.798. The number of rotatable bonds is 5. The first kappa shape index (κ1) is 22.7. The Morgan fingerprint density at radius 3 is 2.49 bits per heavy atom. The van der Waals surface area contributed by atoms with E-state index in [4.69, 9.17) is 13.9 Å². The van der Waals surface area contributed by atoms with Gasteiger partial charge in [-0.25, -0.2) is 4.39 Å². The third-order valence-corrected chi connectivity index (χ3v) is 6.40. The third kappa shape index (κ3) is 3.64. The summed E-state index contributed by atoms with van der Waals surface area (Å²) in [7, 11) is 1.53. The lowest BCUT2D eigenvalue weighted by Crippen LogP contribution is -2.29. The Balaban J connectivity index is 1.79. The standard InChI is InChI=1S/C28H24FNO5/c1-5-34-22-10-7-17(13-23(22)33-4)25-24-26(31)20-14-18(29)8-11-21(20)35-27(24)28(32)30(25)19-9-6-15(2)16(3)12-19/h6-14,25H,5H2,1-4H3. The van der Waals surface area contributed by atoms with Gasteiger partial charge in [-0.3, -0.25) is 14.5 Å². The molecule has 0 spiro atoms. The van der Waals surface area contributed by atoms with Gasteiger partial charge in [0.2, 0.25) is 5.76 Å². The number of benzene rings is 3. The third-order valence-electron chi connectivity index (χ3n) is 6.40. The topological polar surface area (TPSA) is 69.0 Å². The van der Waals surface area contributed by atoms with Gasteiger partial charge >= 0.3 is 0 Å². The predicted molar refractivity (Wildman–Crippen MR) is 131 cm³/mol. The molecule has 5 rings (SSSR count). The predicted octanol–water partition coefficient (Wildman–Crippen LogP) is 5.71. The van der Waals surface area contributed by atoms with Crippen LogP contribution in [0, 0.1) is 19.7 Å². The van der Waals surface area contributed by atoms with Crippen molar-refractivity contribution < 1.29 is 23.1 Å². The summed E-state index contributed by atoms with van der Waals surface area (Å²) in [6.45, 7) is 6.27. The number of carbonyl (C=O) groups excluding carboxylic acids is 1. The molecule has 1 aliphatic heterocycles. The molecular formula is C28H24FNO5. The number of anilines is 1. The van der Waals surface area contributed by atoms with Crippen LogP contribution < -0.4 is 19.8 Å². The zero-order valence-electron chi connectivity index (χ0n) is 19.8. The zero-order valence-corrected chi connectivity index (χ0v) is 19.8. The molecule has 0 N–H and O–H groups in total. The van der Waals surface area contributed by atoms with Crippen LogP contribution >= 0.6 is 0 Å². The summed E-state index contributed by atoms with van der Waals surface area (Å²) >= 11 is 0. The Kier molecular flexibility index (Phi) is 5.55. The number of carbonyl (C=O) groups is 1. The summed E-state index contributed by atoms with van der Waals surface area (Å²) in [6, 6.07) is 13.9. The number of aryl methyl sites for hydroxylation is 2. The van der Waals surface area contributed by atoms with E-state index in [1.807, 2.05) is 39.0 Å². The smallest absolute Gasteiger partial charge is 0.295 e. The van der Waals surface area contributed by atoms with E-state index >= 15 is 0 Å². The van der Waals surface area contributed by atoms with Gasteiger partial charge in [0.25, 0.3) is 5.91 Å². The molecule has 1 atom stereocenters. The van der Waals surface area contributed by atoms with E-state index in [2.05, 4.69) is 0 Å². The highest BCUT2D eigenvalue weighted by molar-refractivity contribution is 6.10. The molecule has 0 aliphatic carbocycles. The molecule has 1 amide bonds. The summed E-state index contributed by atoms with van der Waals surface area (Å²) in [5, 5.41) is 0.0846. The van der Waals surface area contributed by atoms with Crippen molar-refractivity contribution in [1.29, 1.82) is 0 Å². The second kappa shape index (κ2) is 8.58. The second-order valence-electron chi connectivity index (χ2n) is 8.50.